The normalized spacial score (nSPS) is 16.6. The molecule has 1 aliphatic rings. The highest BCUT2D eigenvalue weighted by Crippen LogP contribution is 2.17. The SMILES string of the molecule is CNc1nc(N(C)C)nc(N2CCN(C(C)C)CC2)n1. The maximum Gasteiger partial charge on any atom is 0.232 e. The zero-order valence-electron chi connectivity index (χ0n) is 13.1. The van der Waals surface area contributed by atoms with Gasteiger partial charge in [-0.1, -0.05) is 0 Å². The van der Waals surface area contributed by atoms with E-state index >= 15 is 0 Å². The average molecular weight is 279 g/mol. The van der Waals surface area contributed by atoms with Crippen molar-refractivity contribution in [1.82, 2.24) is 19.9 Å². The minimum absolute atomic E-state index is 0.598. The predicted octanol–water partition coefficient (Wildman–Crippen LogP) is 0.510. The molecule has 1 fully saturated rings. The standard InChI is InChI=1S/C13H25N7/c1-10(2)19-6-8-20(9-7-19)13-16-11(14-3)15-12(17-13)18(4)5/h10H,6-9H2,1-5H3,(H,14,15,16,17). The highest BCUT2D eigenvalue weighted by atomic mass is 15.4. The minimum atomic E-state index is 0.598. The molecule has 2 rings (SSSR count). The maximum absolute atomic E-state index is 4.55. The van der Waals surface area contributed by atoms with Gasteiger partial charge in [-0.15, -0.1) is 0 Å². The Labute approximate surface area is 121 Å². The molecule has 0 unspecified atom stereocenters. The summed E-state index contributed by atoms with van der Waals surface area (Å²) < 4.78 is 0. The molecule has 1 aromatic rings. The second kappa shape index (κ2) is 6.21. The van der Waals surface area contributed by atoms with Crippen LogP contribution in [0.3, 0.4) is 0 Å². The Morgan fingerprint density at radius 1 is 1.05 bits per heavy atom. The van der Waals surface area contributed by atoms with Crippen LogP contribution in [0.2, 0.25) is 0 Å². The molecule has 7 nitrogen and oxygen atoms in total. The average Bonchev–Trinajstić information content (AvgIpc) is 2.46. The lowest BCUT2D eigenvalue weighted by Crippen LogP contribution is -2.49. The second-order valence-electron chi connectivity index (χ2n) is 5.52. The van der Waals surface area contributed by atoms with Crippen LogP contribution in [0.4, 0.5) is 17.8 Å². The summed E-state index contributed by atoms with van der Waals surface area (Å²) in [6.07, 6.45) is 0. The van der Waals surface area contributed by atoms with Gasteiger partial charge in [0.05, 0.1) is 0 Å². The van der Waals surface area contributed by atoms with E-state index in [0.29, 0.717) is 17.9 Å². The number of piperazine rings is 1. The predicted molar refractivity (Wildman–Crippen MR) is 82.6 cm³/mol. The third-order valence-corrected chi connectivity index (χ3v) is 3.56. The molecular weight excluding hydrogens is 254 g/mol. The topological polar surface area (TPSA) is 60.4 Å². The van der Waals surface area contributed by atoms with E-state index in [2.05, 4.69) is 43.9 Å². The summed E-state index contributed by atoms with van der Waals surface area (Å²) >= 11 is 0. The fraction of sp³-hybridized carbons (Fsp3) is 0.769. The van der Waals surface area contributed by atoms with Crippen LogP contribution in [0, 0.1) is 0 Å². The van der Waals surface area contributed by atoms with Gasteiger partial charge in [0.15, 0.2) is 0 Å². The molecule has 0 saturated carbocycles. The van der Waals surface area contributed by atoms with E-state index in [1.807, 2.05) is 26.0 Å². The quantitative estimate of drug-likeness (QED) is 0.861. The Balaban J connectivity index is 2.15. The van der Waals surface area contributed by atoms with Crippen LogP contribution in [0.15, 0.2) is 0 Å². The molecular formula is C13H25N7. The first kappa shape index (κ1) is 14.8. The van der Waals surface area contributed by atoms with E-state index in [0.717, 1.165) is 32.1 Å². The number of aromatic nitrogens is 3. The Bertz CT molecular complexity index is 438. The van der Waals surface area contributed by atoms with Crippen molar-refractivity contribution < 1.29 is 0 Å². The highest BCUT2D eigenvalue weighted by Gasteiger charge is 2.21. The van der Waals surface area contributed by atoms with Gasteiger partial charge in [0.1, 0.15) is 0 Å². The fourth-order valence-electron chi connectivity index (χ4n) is 2.25. The highest BCUT2D eigenvalue weighted by molar-refractivity contribution is 5.44. The van der Waals surface area contributed by atoms with Gasteiger partial charge in [-0.3, -0.25) is 4.90 Å². The Kier molecular flexibility index (Phi) is 4.59. The van der Waals surface area contributed by atoms with Gasteiger partial charge in [0.25, 0.3) is 0 Å². The van der Waals surface area contributed by atoms with Crippen molar-refractivity contribution >= 4 is 17.8 Å². The Morgan fingerprint density at radius 2 is 1.70 bits per heavy atom. The number of hydrogen-bond donors (Lipinski definition) is 1. The van der Waals surface area contributed by atoms with Crippen molar-refractivity contribution in [1.29, 1.82) is 0 Å². The minimum Gasteiger partial charge on any atom is -0.357 e. The molecule has 7 heteroatoms. The van der Waals surface area contributed by atoms with Crippen molar-refractivity contribution in [3.8, 4) is 0 Å². The number of nitrogens with zero attached hydrogens (tertiary/aromatic N) is 6. The summed E-state index contributed by atoms with van der Waals surface area (Å²) in [5.41, 5.74) is 0. The molecule has 1 aliphatic heterocycles. The van der Waals surface area contributed by atoms with Gasteiger partial charge in [-0.05, 0) is 13.8 Å². The van der Waals surface area contributed by atoms with Crippen molar-refractivity contribution in [2.24, 2.45) is 0 Å². The number of anilines is 3. The largest absolute Gasteiger partial charge is 0.357 e. The molecule has 20 heavy (non-hydrogen) atoms. The lowest BCUT2D eigenvalue weighted by Gasteiger charge is -2.37. The van der Waals surface area contributed by atoms with E-state index in [1.54, 1.807) is 0 Å². The van der Waals surface area contributed by atoms with Gasteiger partial charge in [0, 0.05) is 53.4 Å². The van der Waals surface area contributed by atoms with Crippen LogP contribution < -0.4 is 15.1 Å². The second-order valence-corrected chi connectivity index (χ2v) is 5.52. The summed E-state index contributed by atoms with van der Waals surface area (Å²) in [4.78, 5) is 20.0. The lowest BCUT2D eigenvalue weighted by atomic mass is 10.2. The number of hydrogen-bond acceptors (Lipinski definition) is 7. The molecule has 112 valence electrons. The zero-order valence-corrected chi connectivity index (χ0v) is 13.1. The van der Waals surface area contributed by atoms with Gasteiger partial charge < -0.3 is 15.1 Å². The molecule has 0 radical (unpaired) electrons. The molecule has 1 N–H and O–H groups in total. The van der Waals surface area contributed by atoms with Crippen molar-refractivity contribution in [2.45, 2.75) is 19.9 Å². The number of nitrogens with one attached hydrogen (secondary N) is 1. The Hall–Kier alpha value is -1.63. The van der Waals surface area contributed by atoms with Crippen molar-refractivity contribution in [3.05, 3.63) is 0 Å². The summed E-state index contributed by atoms with van der Waals surface area (Å²) in [7, 11) is 5.71. The summed E-state index contributed by atoms with van der Waals surface area (Å²) in [5, 5.41) is 3.00. The molecule has 0 bridgehead atoms. The van der Waals surface area contributed by atoms with Crippen LogP contribution in [-0.2, 0) is 0 Å². The maximum atomic E-state index is 4.55. The molecule has 0 spiro atoms. The van der Waals surface area contributed by atoms with E-state index in [4.69, 9.17) is 0 Å². The first-order valence-corrected chi connectivity index (χ1v) is 7.11. The van der Waals surface area contributed by atoms with E-state index in [9.17, 15) is 0 Å². The molecule has 0 amide bonds. The number of rotatable bonds is 4. The van der Waals surface area contributed by atoms with Crippen molar-refractivity contribution in [2.75, 3.05) is 62.4 Å². The van der Waals surface area contributed by atoms with Crippen LogP contribution in [0.5, 0.6) is 0 Å². The molecule has 1 aromatic heterocycles. The molecule has 0 aliphatic carbocycles. The van der Waals surface area contributed by atoms with Crippen LogP contribution in [0.25, 0.3) is 0 Å². The van der Waals surface area contributed by atoms with Gasteiger partial charge in [0.2, 0.25) is 17.8 Å². The van der Waals surface area contributed by atoms with Crippen LogP contribution in [-0.4, -0.2) is 73.2 Å². The Morgan fingerprint density at radius 3 is 2.20 bits per heavy atom. The van der Waals surface area contributed by atoms with Gasteiger partial charge in [-0.25, -0.2) is 0 Å². The zero-order chi connectivity index (χ0) is 14.7. The van der Waals surface area contributed by atoms with E-state index < -0.39 is 0 Å². The summed E-state index contributed by atoms with van der Waals surface area (Å²) in [5.74, 6) is 2.06. The summed E-state index contributed by atoms with van der Waals surface area (Å²) in [6.45, 7) is 8.49. The van der Waals surface area contributed by atoms with E-state index in [1.165, 1.54) is 0 Å². The van der Waals surface area contributed by atoms with Crippen molar-refractivity contribution in [3.63, 3.8) is 0 Å². The van der Waals surface area contributed by atoms with Gasteiger partial charge in [-0.2, -0.15) is 15.0 Å². The lowest BCUT2D eigenvalue weighted by molar-refractivity contribution is 0.208. The van der Waals surface area contributed by atoms with Crippen LogP contribution >= 0.6 is 0 Å². The van der Waals surface area contributed by atoms with Crippen LogP contribution in [0.1, 0.15) is 13.8 Å². The monoisotopic (exact) mass is 279 g/mol. The molecule has 0 atom stereocenters. The van der Waals surface area contributed by atoms with E-state index in [-0.39, 0.29) is 0 Å². The molecule has 2 heterocycles. The third kappa shape index (κ3) is 3.27. The molecule has 0 aromatic carbocycles. The smallest absolute Gasteiger partial charge is 0.232 e. The molecule has 1 saturated heterocycles. The fourth-order valence-corrected chi connectivity index (χ4v) is 2.25. The summed E-state index contributed by atoms with van der Waals surface area (Å²) in [6, 6.07) is 0.598. The third-order valence-electron chi connectivity index (χ3n) is 3.56. The first-order chi connectivity index (χ1) is 9.51. The van der Waals surface area contributed by atoms with Gasteiger partial charge >= 0.3 is 0 Å². The first-order valence-electron chi connectivity index (χ1n) is 7.11.